The van der Waals surface area contributed by atoms with E-state index < -0.39 is 0 Å². The maximum absolute atomic E-state index is 12.5. The molecule has 5 nitrogen and oxygen atoms in total. The molecule has 1 fully saturated rings. The third kappa shape index (κ3) is 2.11. The molecule has 0 saturated carbocycles. The molecular weight excluding hydrogens is 262 g/mol. The van der Waals surface area contributed by atoms with Gasteiger partial charge in [-0.1, -0.05) is 12.1 Å². The van der Waals surface area contributed by atoms with E-state index in [0.29, 0.717) is 0 Å². The van der Waals surface area contributed by atoms with E-state index in [-0.39, 0.29) is 24.4 Å². The molecule has 0 aliphatic carbocycles. The minimum absolute atomic E-state index is 0.0149. The standard InChI is InChI=1S/C13H15N3O2S/c1-15-10-4-2-3-5-11(10)16(6-12(15)17)13(18)9-7-19-8-14-9/h2-5,9,14H,6-8H2,1H3. The first-order chi connectivity index (χ1) is 9.18. The number of hydrogen-bond acceptors (Lipinski definition) is 4. The Morgan fingerprint density at radius 2 is 2.11 bits per heavy atom. The zero-order chi connectivity index (χ0) is 13.4. The van der Waals surface area contributed by atoms with E-state index in [1.54, 1.807) is 28.6 Å². The summed E-state index contributed by atoms with van der Waals surface area (Å²) in [6, 6.07) is 7.33. The van der Waals surface area contributed by atoms with Crippen molar-refractivity contribution in [2.75, 3.05) is 35.0 Å². The van der Waals surface area contributed by atoms with E-state index in [2.05, 4.69) is 5.32 Å². The average molecular weight is 277 g/mol. The molecule has 100 valence electrons. The van der Waals surface area contributed by atoms with E-state index in [9.17, 15) is 9.59 Å². The topological polar surface area (TPSA) is 52.7 Å². The van der Waals surface area contributed by atoms with Crippen LogP contribution in [-0.2, 0) is 9.59 Å². The molecule has 2 aliphatic heterocycles. The highest BCUT2D eigenvalue weighted by Crippen LogP contribution is 2.33. The zero-order valence-electron chi connectivity index (χ0n) is 10.6. The maximum atomic E-state index is 12.5. The fraction of sp³-hybridized carbons (Fsp3) is 0.385. The lowest BCUT2D eigenvalue weighted by Gasteiger charge is -2.35. The van der Waals surface area contributed by atoms with Gasteiger partial charge in [-0.25, -0.2) is 0 Å². The summed E-state index contributed by atoms with van der Waals surface area (Å²) in [5.74, 6) is 1.48. The Kier molecular flexibility index (Phi) is 3.20. The molecule has 1 N–H and O–H groups in total. The van der Waals surface area contributed by atoms with Crippen molar-refractivity contribution in [2.45, 2.75) is 6.04 Å². The third-order valence-electron chi connectivity index (χ3n) is 3.48. The molecule has 6 heteroatoms. The van der Waals surface area contributed by atoms with Crippen molar-refractivity contribution in [3.63, 3.8) is 0 Å². The van der Waals surface area contributed by atoms with Crippen molar-refractivity contribution in [3.8, 4) is 0 Å². The summed E-state index contributed by atoms with van der Waals surface area (Å²) in [5.41, 5.74) is 1.60. The summed E-state index contributed by atoms with van der Waals surface area (Å²) in [4.78, 5) is 27.7. The van der Waals surface area contributed by atoms with Gasteiger partial charge in [0.2, 0.25) is 11.8 Å². The van der Waals surface area contributed by atoms with Crippen LogP contribution in [0.2, 0.25) is 0 Å². The lowest BCUT2D eigenvalue weighted by atomic mass is 10.1. The number of fused-ring (bicyclic) bond motifs is 1. The number of rotatable bonds is 1. The Morgan fingerprint density at radius 3 is 2.79 bits per heavy atom. The van der Waals surface area contributed by atoms with Gasteiger partial charge in [-0.15, -0.1) is 11.8 Å². The Bertz CT molecular complexity index is 528. The number of hydrogen-bond donors (Lipinski definition) is 1. The van der Waals surface area contributed by atoms with E-state index in [0.717, 1.165) is 23.0 Å². The molecule has 1 aromatic carbocycles. The van der Waals surface area contributed by atoms with Crippen LogP contribution in [0, 0.1) is 0 Å². The number of nitrogens with one attached hydrogen (secondary N) is 1. The quantitative estimate of drug-likeness (QED) is 0.819. The highest BCUT2D eigenvalue weighted by atomic mass is 32.2. The second-order valence-corrected chi connectivity index (χ2v) is 5.67. The smallest absolute Gasteiger partial charge is 0.246 e. The molecule has 19 heavy (non-hydrogen) atoms. The van der Waals surface area contributed by atoms with Gasteiger partial charge in [-0.05, 0) is 12.1 Å². The lowest BCUT2D eigenvalue weighted by Crippen LogP contribution is -2.52. The van der Waals surface area contributed by atoms with Crippen LogP contribution >= 0.6 is 11.8 Å². The second-order valence-electron chi connectivity index (χ2n) is 4.64. The maximum Gasteiger partial charge on any atom is 0.246 e. The predicted octanol–water partition coefficient (Wildman–Crippen LogP) is 0.659. The SMILES string of the molecule is CN1C(=O)CN(C(=O)C2CSCN2)c2ccccc21. The van der Waals surface area contributed by atoms with Crippen LogP contribution in [-0.4, -0.2) is 43.1 Å². The summed E-state index contributed by atoms with van der Waals surface area (Å²) >= 11 is 1.70. The van der Waals surface area contributed by atoms with E-state index in [4.69, 9.17) is 0 Å². The Labute approximate surface area is 115 Å². The first kappa shape index (κ1) is 12.5. The monoisotopic (exact) mass is 277 g/mol. The molecule has 2 amide bonds. The van der Waals surface area contributed by atoms with Crippen LogP contribution in [0.3, 0.4) is 0 Å². The molecule has 0 radical (unpaired) electrons. The molecular formula is C13H15N3O2S. The van der Waals surface area contributed by atoms with E-state index in [1.807, 2.05) is 24.3 Å². The Balaban J connectivity index is 1.96. The zero-order valence-corrected chi connectivity index (χ0v) is 11.4. The van der Waals surface area contributed by atoms with Gasteiger partial charge in [-0.3, -0.25) is 19.8 Å². The number of carbonyl (C=O) groups is 2. The molecule has 1 atom stereocenters. The third-order valence-corrected chi connectivity index (χ3v) is 4.42. The molecule has 1 aromatic rings. The normalized spacial score (nSPS) is 22.6. The van der Waals surface area contributed by atoms with Crippen molar-refractivity contribution >= 4 is 35.0 Å². The number of benzene rings is 1. The van der Waals surface area contributed by atoms with Gasteiger partial charge < -0.3 is 4.90 Å². The number of amides is 2. The minimum Gasteiger partial charge on any atom is -0.312 e. The first-order valence-electron chi connectivity index (χ1n) is 6.16. The first-order valence-corrected chi connectivity index (χ1v) is 7.32. The van der Waals surface area contributed by atoms with Gasteiger partial charge in [0.25, 0.3) is 0 Å². The molecule has 1 unspecified atom stereocenters. The number of para-hydroxylation sites is 2. The van der Waals surface area contributed by atoms with Crippen LogP contribution in [0.5, 0.6) is 0 Å². The van der Waals surface area contributed by atoms with Crippen LogP contribution in [0.4, 0.5) is 11.4 Å². The average Bonchev–Trinajstić information content (AvgIpc) is 2.96. The van der Waals surface area contributed by atoms with Crippen molar-refractivity contribution in [2.24, 2.45) is 0 Å². The van der Waals surface area contributed by atoms with Gasteiger partial charge in [-0.2, -0.15) is 0 Å². The second kappa shape index (κ2) is 4.86. The van der Waals surface area contributed by atoms with Gasteiger partial charge in [0, 0.05) is 18.7 Å². The summed E-state index contributed by atoms with van der Waals surface area (Å²) in [6.07, 6.45) is 0. The minimum atomic E-state index is -0.186. The largest absolute Gasteiger partial charge is 0.312 e. The van der Waals surface area contributed by atoms with Crippen molar-refractivity contribution in [3.05, 3.63) is 24.3 Å². The molecule has 2 heterocycles. The summed E-state index contributed by atoms with van der Waals surface area (Å²) in [6.45, 7) is 0.120. The Morgan fingerprint density at radius 1 is 1.37 bits per heavy atom. The van der Waals surface area contributed by atoms with Crippen molar-refractivity contribution in [1.82, 2.24) is 5.32 Å². The number of likely N-dealkylation sites (N-methyl/N-ethyl adjacent to an activating group) is 1. The van der Waals surface area contributed by atoms with Gasteiger partial charge in [0.1, 0.15) is 6.54 Å². The van der Waals surface area contributed by atoms with Crippen LogP contribution in [0.1, 0.15) is 0 Å². The van der Waals surface area contributed by atoms with Crippen LogP contribution < -0.4 is 15.1 Å². The number of carbonyl (C=O) groups excluding carboxylic acids is 2. The molecule has 0 spiro atoms. The van der Waals surface area contributed by atoms with Crippen LogP contribution in [0.15, 0.2) is 24.3 Å². The van der Waals surface area contributed by atoms with Gasteiger partial charge in [0.05, 0.1) is 17.4 Å². The van der Waals surface area contributed by atoms with E-state index >= 15 is 0 Å². The fourth-order valence-electron chi connectivity index (χ4n) is 2.38. The molecule has 1 saturated heterocycles. The molecule has 0 aromatic heterocycles. The number of nitrogens with zero attached hydrogens (tertiary/aromatic N) is 2. The summed E-state index contributed by atoms with van der Waals surface area (Å²) in [7, 11) is 1.74. The van der Waals surface area contributed by atoms with Crippen molar-refractivity contribution < 1.29 is 9.59 Å². The van der Waals surface area contributed by atoms with Crippen molar-refractivity contribution in [1.29, 1.82) is 0 Å². The van der Waals surface area contributed by atoms with Crippen LogP contribution in [0.25, 0.3) is 0 Å². The highest BCUT2D eigenvalue weighted by Gasteiger charge is 2.34. The Hall–Kier alpha value is -1.53. The molecule has 0 bridgehead atoms. The predicted molar refractivity (Wildman–Crippen MR) is 76.5 cm³/mol. The lowest BCUT2D eigenvalue weighted by molar-refractivity contribution is -0.123. The summed E-state index contributed by atoms with van der Waals surface area (Å²) < 4.78 is 0. The molecule has 3 rings (SSSR count). The number of anilines is 2. The van der Waals surface area contributed by atoms with Gasteiger partial charge in [0.15, 0.2) is 0 Å². The fourth-order valence-corrected chi connectivity index (χ4v) is 3.31. The van der Waals surface area contributed by atoms with Gasteiger partial charge >= 0.3 is 0 Å². The number of thioether (sulfide) groups is 1. The molecule has 2 aliphatic rings. The van der Waals surface area contributed by atoms with E-state index in [1.165, 1.54) is 0 Å². The summed E-state index contributed by atoms with van der Waals surface area (Å²) in [5, 5.41) is 3.16. The highest BCUT2D eigenvalue weighted by molar-refractivity contribution is 7.99.